The Morgan fingerprint density at radius 2 is 1.95 bits per heavy atom. The molecule has 0 spiro atoms. The van der Waals surface area contributed by atoms with Crippen LogP contribution >= 0.6 is 0 Å². The molecule has 0 unspecified atom stereocenters. The lowest BCUT2D eigenvalue weighted by Gasteiger charge is -2.32. The van der Waals surface area contributed by atoms with Crippen LogP contribution in [0.2, 0.25) is 0 Å². The number of rotatable bonds is 7. The zero-order valence-corrected chi connectivity index (χ0v) is 12.6. The fourth-order valence-corrected chi connectivity index (χ4v) is 3.52. The predicted molar refractivity (Wildman–Crippen MR) is 76.7 cm³/mol. The first-order valence-electron chi connectivity index (χ1n) is 6.84. The first-order chi connectivity index (χ1) is 9.87. The minimum atomic E-state index is -3.49. The highest BCUT2D eigenvalue weighted by Crippen LogP contribution is 2.28. The van der Waals surface area contributed by atoms with E-state index in [0.717, 1.165) is 12.8 Å². The van der Waals surface area contributed by atoms with Crippen molar-refractivity contribution in [3.63, 3.8) is 0 Å². The van der Waals surface area contributed by atoms with Gasteiger partial charge in [0.1, 0.15) is 5.75 Å². The number of benzene rings is 1. The van der Waals surface area contributed by atoms with Crippen molar-refractivity contribution in [3.8, 4) is 5.75 Å². The SMILES string of the molecule is CC1CC(NS(=O)(=O)c2ccc(OCCC(=O)O)cc2)C1. The average molecular weight is 313 g/mol. The van der Waals surface area contributed by atoms with E-state index in [4.69, 9.17) is 9.84 Å². The molecule has 0 heterocycles. The zero-order valence-electron chi connectivity index (χ0n) is 11.8. The largest absolute Gasteiger partial charge is 0.493 e. The van der Waals surface area contributed by atoms with Crippen LogP contribution in [0.3, 0.4) is 0 Å². The fourth-order valence-electron chi connectivity index (χ4n) is 2.26. The smallest absolute Gasteiger partial charge is 0.306 e. The topological polar surface area (TPSA) is 92.7 Å². The zero-order chi connectivity index (χ0) is 15.5. The van der Waals surface area contributed by atoms with Gasteiger partial charge in [-0.1, -0.05) is 6.92 Å². The van der Waals surface area contributed by atoms with Gasteiger partial charge in [0.05, 0.1) is 17.9 Å². The van der Waals surface area contributed by atoms with Crippen LogP contribution < -0.4 is 9.46 Å². The molecule has 0 aliphatic heterocycles. The standard InChI is InChI=1S/C14H19NO5S/c1-10-8-11(9-10)15-21(18,19)13-4-2-12(3-5-13)20-7-6-14(16)17/h2-5,10-11,15H,6-9H2,1H3,(H,16,17). The third-order valence-corrected chi connectivity index (χ3v) is 4.95. The molecule has 0 aromatic heterocycles. The molecule has 116 valence electrons. The number of sulfonamides is 1. The van der Waals surface area contributed by atoms with Gasteiger partial charge in [-0.3, -0.25) is 4.79 Å². The molecule has 7 heteroatoms. The van der Waals surface area contributed by atoms with Gasteiger partial charge in [-0.15, -0.1) is 0 Å². The third kappa shape index (κ3) is 4.44. The molecule has 1 aromatic carbocycles. The molecule has 2 rings (SSSR count). The predicted octanol–water partition coefficient (Wildman–Crippen LogP) is 1.62. The maximum absolute atomic E-state index is 12.1. The van der Waals surface area contributed by atoms with Gasteiger partial charge in [0, 0.05) is 6.04 Å². The van der Waals surface area contributed by atoms with Gasteiger partial charge < -0.3 is 9.84 Å². The Balaban J connectivity index is 1.92. The summed E-state index contributed by atoms with van der Waals surface area (Å²) in [6, 6.07) is 6.00. The number of hydrogen-bond acceptors (Lipinski definition) is 4. The Morgan fingerprint density at radius 3 is 2.48 bits per heavy atom. The molecular weight excluding hydrogens is 294 g/mol. The van der Waals surface area contributed by atoms with Crippen LogP contribution in [-0.2, 0) is 14.8 Å². The van der Waals surface area contributed by atoms with Crippen molar-refractivity contribution in [1.82, 2.24) is 4.72 Å². The van der Waals surface area contributed by atoms with Gasteiger partial charge in [0.2, 0.25) is 10.0 Å². The Morgan fingerprint density at radius 1 is 1.33 bits per heavy atom. The van der Waals surface area contributed by atoms with E-state index in [1.807, 2.05) is 0 Å². The first-order valence-corrected chi connectivity index (χ1v) is 8.32. The molecule has 0 radical (unpaired) electrons. The van der Waals surface area contributed by atoms with E-state index in [1.165, 1.54) is 24.3 Å². The van der Waals surface area contributed by atoms with E-state index in [2.05, 4.69) is 11.6 Å². The van der Waals surface area contributed by atoms with Crippen LogP contribution in [0.4, 0.5) is 0 Å². The van der Waals surface area contributed by atoms with Crippen LogP contribution in [0, 0.1) is 5.92 Å². The summed E-state index contributed by atoms with van der Waals surface area (Å²) >= 11 is 0. The Labute approximate surface area is 124 Å². The normalized spacial score (nSPS) is 21.6. The number of carbonyl (C=O) groups is 1. The second-order valence-electron chi connectivity index (χ2n) is 5.36. The fraction of sp³-hybridized carbons (Fsp3) is 0.500. The van der Waals surface area contributed by atoms with Crippen LogP contribution in [-0.4, -0.2) is 32.1 Å². The molecule has 0 atom stereocenters. The van der Waals surface area contributed by atoms with Crippen LogP contribution in [0.5, 0.6) is 5.75 Å². The van der Waals surface area contributed by atoms with E-state index in [9.17, 15) is 13.2 Å². The van der Waals surface area contributed by atoms with Crippen molar-refractivity contribution >= 4 is 16.0 Å². The molecule has 2 N–H and O–H groups in total. The number of ether oxygens (including phenoxy) is 1. The molecule has 1 fully saturated rings. The van der Waals surface area contributed by atoms with Crippen molar-refractivity contribution < 1.29 is 23.1 Å². The lowest BCUT2D eigenvalue weighted by atomic mass is 9.83. The molecular formula is C14H19NO5S. The third-order valence-electron chi connectivity index (χ3n) is 3.41. The highest BCUT2D eigenvalue weighted by molar-refractivity contribution is 7.89. The molecule has 1 aromatic rings. The van der Waals surface area contributed by atoms with E-state index in [1.54, 1.807) is 0 Å². The highest BCUT2D eigenvalue weighted by Gasteiger charge is 2.29. The van der Waals surface area contributed by atoms with E-state index >= 15 is 0 Å². The number of carboxylic acid groups (broad SMARTS) is 1. The lowest BCUT2D eigenvalue weighted by molar-refractivity contribution is -0.137. The van der Waals surface area contributed by atoms with Gasteiger partial charge in [0.15, 0.2) is 0 Å². The second-order valence-corrected chi connectivity index (χ2v) is 7.07. The maximum atomic E-state index is 12.1. The Bertz CT molecular complexity index is 590. The van der Waals surface area contributed by atoms with Crippen LogP contribution in [0.15, 0.2) is 29.2 Å². The summed E-state index contributed by atoms with van der Waals surface area (Å²) in [5.41, 5.74) is 0. The Hall–Kier alpha value is -1.60. The van der Waals surface area contributed by atoms with Crippen LogP contribution in [0.1, 0.15) is 26.2 Å². The summed E-state index contributed by atoms with van der Waals surface area (Å²) in [5, 5.41) is 8.51. The van der Waals surface area contributed by atoms with E-state index in [0.29, 0.717) is 11.7 Å². The number of hydrogen-bond donors (Lipinski definition) is 2. The molecule has 0 bridgehead atoms. The molecule has 1 aliphatic carbocycles. The first kappa shape index (κ1) is 15.8. The summed E-state index contributed by atoms with van der Waals surface area (Å²) in [7, 11) is -3.49. The van der Waals surface area contributed by atoms with Gasteiger partial charge in [-0.25, -0.2) is 13.1 Å². The van der Waals surface area contributed by atoms with Crippen molar-refractivity contribution in [3.05, 3.63) is 24.3 Å². The van der Waals surface area contributed by atoms with Crippen molar-refractivity contribution in [2.45, 2.75) is 37.1 Å². The summed E-state index contributed by atoms with van der Waals surface area (Å²) in [6.45, 7) is 2.15. The Kier molecular flexibility index (Phi) is 4.84. The monoisotopic (exact) mass is 313 g/mol. The summed E-state index contributed by atoms with van der Waals surface area (Å²) < 4.78 is 32.1. The quantitative estimate of drug-likeness (QED) is 0.798. The van der Waals surface area contributed by atoms with Gasteiger partial charge in [-0.2, -0.15) is 0 Å². The van der Waals surface area contributed by atoms with E-state index < -0.39 is 16.0 Å². The molecule has 1 saturated carbocycles. The molecule has 1 aliphatic rings. The number of carboxylic acids is 1. The minimum Gasteiger partial charge on any atom is -0.493 e. The van der Waals surface area contributed by atoms with Gasteiger partial charge in [-0.05, 0) is 43.0 Å². The average Bonchev–Trinajstić information content (AvgIpc) is 2.37. The van der Waals surface area contributed by atoms with E-state index in [-0.39, 0.29) is 24.0 Å². The minimum absolute atomic E-state index is 0.0245. The van der Waals surface area contributed by atoms with Gasteiger partial charge >= 0.3 is 5.97 Å². The lowest BCUT2D eigenvalue weighted by Crippen LogP contribution is -2.43. The highest BCUT2D eigenvalue weighted by atomic mass is 32.2. The molecule has 21 heavy (non-hydrogen) atoms. The summed E-state index contributed by atoms with van der Waals surface area (Å²) in [4.78, 5) is 10.6. The molecule has 0 saturated heterocycles. The number of nitrogens with one attached hydrogen (secondary N) is 1. The molecule has 0 amide bonds. The summed E-state index contributed by atoms with van der Waals surface area (Å²) in [5.74, 6) is 0.0864. The number of aliphatic carboxylic acids is 1. The molecule has 6 nitrogen and oxygen atoms in total. The van der Waals surface area contributed by atoms with Crippen molar-refractivity contribution in [2.24, 2.45) is 5.92 Å². The van der Waals surface area contributed by atoms with Crippen molar-refractivity contribution in [1.29, 1.82) is 0 Å². The van der Waals surface area contributed by atoms with Crippen molar-refractivity contribution in [2.75, 3.05) is 6.61 Å². The maximum Gasteiger partial charge on any atom is 0.306 e. The summed E-state index contributed by atoms with van der Waals surface area (Å²) in [6.07, 6.45) is 1.65. The van der Waals surface area contributed by atoms with Crippen LogP contribution in [0.25, 0.3) is 0 Å². The van der Waals surface area contributed by atoms with Gasteiger partial charge in [0.25, 0.3) is 0 Å². The second kappa shape index (κ2) is 6.44.